The Hall–Kier alpha value is -2.22. The van der Waals surface area contributed by atoms with E-state index in [1.165, 1.54) is 11.6 Å². The zero-order valence-electron chi connectivity index (χ0n) is 14.8. The molecule has 0 aliphatic carbocycles. The summed E-state index contributed by atoms with van der Waals surface area (Å²) in [6.07, 6.45) is 2.56. The first-order valence-electron chi connectivity index (χ1n) is 8.75. The van der Waals surface area contributed by atoms with Gasteiger partial charge in [-0.15, -0.1) is 0 Å². The average molecular weight is 347 g/mol. The molecule has 0 aromatic carbocycles. The van der Waals surface area contributed by atoms with E-state index in [2.05, 4.69) is 15.3 Å². The Bertz CT molecular complexity index is 729. The second kappa shape index (κ2) is 7.35. The summed E-state index contributed by atoms with van der Waals surface area (Å²) >= 11 is 0. The van der Waals surface area contributed by atoms with Gasteiger partial charge in [-0.1, -0.05) is 0 Å². The summed E-state index contributed by atoms with van der Waals surface area (Å²) in [5.41, 5.74) is 1.73. The maximum absolute atomic E-state index is 12.6. The number of amides is 2. The van der Waals surface area contributed by atoms with Crippen molar-refractivity contribution < 1.29 is 9.59 Å². The highest BCUT2D eigenvalue weighted by Gasteiger charge is 2.27. The van der Waals surface area contributed by atoms with Gasteiger partial charge in [-0.25, -0.2) is 4.68 Å². The van der Waals surface area contributed by atoms with Crippen LogP contribution in [0.15, 0.2) is 10.9 Å². The van der Waals surface area contributed by atoms with Gasteiger partial charge in [-0.2, -0.15) is 5.10 Å². The van der Waals surface area contributed by atoms with Crippen molar-refractivity contribution in [1.82, 2.24) is 24.9 Å². The Morgan fingerprint density at radius 3 is 2.92 bits per heavy atom. The zero-order chi connectivity index (χ0) is 18.0. The predicted molar refractivity (Wildman–Crippen MR) is 91.9 cm³/mol. The van der Waals surface area contributed by atoms with Crippen LogP contribution in [0.25, 0.3) is 0 Å². The van der Waals surface area contributed by atoms with Crippen molar-refractivity contribution in [3.63, 3.8) is 0 Å². The van der Waals surface area contributed by atoms with Crippen molar-refractivity contribution in [3.05, 3.63) is 27.7 Å². The van der Waals surface area contributed by atoms with Crippen molar-refractivity contribution in [3.8, 4) is 0 Å². The van der Waals surface area contributed by atoms with Crippen LogP contribution in [0.3, 0.4) is 0 Å². The molecule has 3 rings (SSSR count). The first-order valence-corrected chi connectivity index (χ1v) is 8.75. The Morgan fingerprint density at radius 1 is 1.36 bits per heavy atom. The number of carbonyl (C=O) groups is 2. The number of rotatable bonds is 3. The first-order chi connectivity index (χ1) is 11.9. The number of likely N-dealkylation sites (tertiary alicyclic amines) is 1. The van der Waals surface area contributed by atoms with Crippen LogP contribution in [0, 0.1) is 0 Å². The summed E-state index contributed by atoms with van der Waals surface area (Å²) < 4.78 is 1.36. The molecule has 25 heavy (non-hydrogen) atoms. The molecular formula is C17H25N5O3. The number of carbonyl (C=O) groups excluding carboxylic acids is 2. The number of hydrogen-bond acceptors (Lipinski definition) is 5. The number of fused-ring (bicyclic) bond motifs is 1. The molecule has 8 nitrogen and oxygen atoms in total. The fraction of sp³-hybridized carbons (Fsp3) is 0.647. The molecule has 1 fully saturated rings. The van der Waals surface area contributed by atoms with Crippen molar-refractivity contribution in [2.24, 2.45) is 7.05 Å². The highest BCUT2D eigenvalue weighted by Crippen LogP contribution is 2.16. The maximum Gasteiger partial charge on any atom is 0.266 e. The summed E-state index contributed by atoms with van der Waals surface area (Å²) in [4.78, 5) is 39.5. The van der Waals surface area contributed by atoms with Crippen LogP contribution in [0.1, 0.15) is 31.0 Å². The number of aryl methyl sites for hydroxylation is 1. The molecular weight excluding hydrogens is 322 g/mol. The number of hydrogen-bond donors (Lipinski definition) is 1. The molecule has 1 saturated heterocycles. The lowest BCUT2D eigenvalue weighted by molar-refractivity contribution is -0.134. The molecule has 0 radical (unpaired) electrons. The van der Waals surface area contributed by atoms with E-state index in [0.717, 1.165) is 43.6 Å². The third kappa shape index (κ3) is 4.25. The van der Waals surface area contributed by atoms with Gasteiger partial charge < -0.3 is 10.2 Å². The maximum atomic E-state index is 12.6. The molecule has 2 aliphatic rings. The lowest BCUT2D eigenvalue weighted by atomic mass is 10.0. The lowest BCUT2D eigenvalue weighted by Crippen LogP contribution is -2.51. The van der Waals surface area contributed by atoms with Crippen LogP contribution >= 0.6 is 0 Å². The minimum absolute atomic E-state index is 0.0458. The van der Waals surface area contributed by atoms with E-state index in [-0.39, 0.29) is 23.4 Å². The summed E-state index contributed by atoms with van der Waals surface area (Å²) in [5.74, 6) is 0.0244. The fourth-order valence-corrected chi connectivity index (χ4v) is 3.59. The third-order valence-electron chi connectivity index (χ3n) is 4.86. The van der Waals surface area contributed by atoms with Gasteiger partial charge >= 0.3 is 0 Å². The number of piperidine rings is 1. The van der Waals surface area contributed by atoms with Crippen LogP contribution in [0.2, 0.25) is 0 Å². The highest BCUT2D eigenvalue weighted by atomic mass is 16.2. The number of nitrogens with one attached hydrogen (secondary N) is 1. The molecule has 1 N–H and O–H groups in total. The average Bonchev–Trinajstić information content (AvgIpc) is 2.56. The van der Waals surface area contributed by atoms with Gasteiger partial charge in [0.15, 0.2) is 0 Å². The molecule has 0 unspecified atom stereocenters. The summed E-state index contributed by atoms with van der Waals surface area (Å²) in [5, 5.41) is 7.20. The van der Waals surface area contributed by atoms with E-state index in [1.54, 1.807) is 13.1 Å². The quantitative estimate of drug-likeness (QED) is 0.779. The molecule has 0 spiro atoms. The van der Waals surface area contributed by atoms with E-state index < -0.39 is 0 Å². The third-order valence-corrected chi connectivity index (χ3v) is 4.86. The lowest BCUT2D eigenvalue weighted by Gasteiger charge is -2.35. The van der Waals surface area contributed by atoms with Crippen LogP contribution in [0.5, 0.6) is 0 Å². The van der Waals surface area contributed by atoms with E-state index in [4.69, 9.17) is 0 Å². The molecule has 0 saturated carbocycles. The molecule has 1 aromatic heterocycles. The highest BCUT2D eigenvalue weighted by molar-refractivity contribution is 5.78. The molecule has 8 heteroatoms. The van der Waals surface area contributed by atoms with E-state index in [9.17, 15) is 14.4 Å². The van der Waals surface area contributed by atoms with Crippen molar-refractivity contribution in [2.75, 3.05) is 26.2 Å². The standard InChI is InChI=1S/C17H25N5O3/c1-12(23)18-14-4-3-6-22(10-14)17(25)11-21-7-5-15-13(9-21)8-16(24)20(2)19-15/h8,14H,3-7,9-11H2,1-2H3,(H,18,23)/t14-/m0/s1. The van der Waals surface area contributed by atoms with Gasteiger partial charge in [0.2, 0.25) is 11.8 Å². The van der Waals surface area contributed by atoms with Crippen molar-refractivity contribution in [1.29, 1.82) is 0 Å². The largest absolute Gasteiger partial charge is 0.352 e. The second-order valence-electron chi connectivity index (χ2n) is 6.92. The minimum Gasteiger partial charge on any atom is -0.352 e. The topological polar surface area (TPSA) is 87.5 Å². The number of nitrogens with zero attached hydrogens (tertiary/aromatic N) is 4. The summed E-state index contributed by atoms with van der Waals surface area (Å²) in [6.45, 7) is 4.48. The predicted octanol–water partition coefficient (Wildman–Crippen LogP) is -0.734. The van der Waals surface area contributed by atoms with Crippen LogP contribution in [-0.2, 0) is 29.6 Å². The van der Waals surface area contributed by atoms with E-state index in [1.807, 2.05) is 4.90 Å². The fourth-order valence-electron chi connectivity index (χ4n) is 3.59. The molecule has 1 aromatic rings. The summed E-state index contributed by atoms with van der Waals surface area (Å²) in [7, 11) is 1.65. The van der Waals surface area contributed by atoms with Crippen LogP contribution in [-0.4, -0.2) is 63.6 Å². The van der Waals surface area contributed by atoms with Crippen LogP contribution < -0.4 is 10.9 Å². The van der Waals surface area contributed by atoms with E-state index in [0.29, 0.717) is 19.6 Å². The SMILES string of the molecule is CC(=O)N[C@H]1CCCN(C(=O)CN2CCc3nn(C)c(=O)cc3C2)C1. The van der Waals surface area contributed by atoms with Crippen molar-refractivity contribution >= 4 is 11.8 Å². The Morgan fingerprint density at radius 2 is 2.16 bits per heavy atom. The monoisotopic (exact) mass is 347 g/mol. The Labute approximate surface area is 146 Å². The molecule has 2 aliphatic heterocycles. The van der Waals surface area contributed by atoms with E-state index >= 15 is 0 Å². The van der Waals surface area contributed by atoms with Gasteiger partial charge in [0.05, 0.1) is 12.2 Å². The second-order valence-corrected chi connectivity index (χ2v) is 6.92. The smallest absolute Gasteiger partial charge is 0.266 e. The molecule has 136 valence electrons. The van der Waals surface area contributed by atoms with Gasteiger partial charge in [0.25, 0.3) is 5.56 Å². The van der Waals surface area contributed by atoms with Gasteiger partial charge in [-0.05, 0) is 18.4 Å². The summed E-state index contributed by atoms with van der Waals surface area (Å²) in [6, 6.07) is 1.66. The molecule has 1 atom stereocenters. The van der Waals surface area contributed by atoms with Crippen molar-refractivity contribution in [2.45, 2.75) is 38.8 Å². The van der Waals surface area contributed by atoms with Crippen LogP contribution in [0.4, 0.5) is 0 Å². The normalized spacial score (nSPS) is 20.9. The molecule has 3 heterocycles. The van der Waals surface area contributed by atoms with Gasteiger partial charge in [0.1, 0.15) is 0 Å². The number of aromatic nitrogens is 2. The Kier molecular flexibility index (Phi) is 5.17. The zero-order valence-corrected chi connectivity index (χ0v) is 14.8. The molecule has 0 bridgehead atoms. The first kappa shape index (κ1) is 17.6. The van der Waals surface area contributed by atoms with Gasteiger partial charge in [-0.3, -0.25) is 19.3 Å². The Balaban J connectivity index is 1.59. The minimum atomic E-state index is -0.124. The van der Waals surface area contributed by atoms with Gasteiger partial charge in [0, 0.05) is 58.7 Å². The molecule has 2 amide bonds.